The van der Waals surface area contributed by atoms with Crippen LogP contribution in [0.3, 0.4) is 0 Å². The summed E-state index contributed by atoms with van der Waals surface area (Å²) in [5.41, 5.74) is 0.935. The zero-order valence-electron chi connectivity index (χ0n) is 15.4. The standard InChI is InChI=1S/C19H24BNO4/c1-18(2)19(3,4)25-20(24-18)15(12-17(22)23-5)13-10-11-21-16-9-7-6-8-14(13)16/h6-11,15H,12H2,1-5H3. The number of aromatic nitrogens is 1. The molecule has 2 aromatic rings. The van der Waals surface area contributed by atoms with E-state index in [1.54, 1.807) is 6.20 Å². The normalized spacial score (nSPS) is 19.8. The first-order valence-corrected chi connectivity index (χ1v) is 8.51. The molecule has 1 unspecified atom stereocenters. The van der Waals surface area contributed by atoms with E-state index in [1.807, 2.05) is 58.0 Å². The Morgan fingerprint density at radius 3 is 2.44 bits per heavy atom. The first-order chi connectivity index (χ1) is 11.7. The fourth-order valence-electron chi connectivity index (χ4n) is 3.11. The van der Waals surface area contributed by atoms with E-state index in [0.717, 1.165) is 16.5 Å². The summed E-state index contributed by atoms with van der Waals surface area (Å²) in [6.07, 6.45) is 1.94. The molecule has 0 aliphatic carbocycles. The van der Waals surface area contributed by atoms with Crippen molar-refractivity contribution in [2.45, 2.75) is 51.1 Å². The van der Waals surface area contributed by atoms with Crippen molar-refractivity contribution in [3.8, 4) is 0 Å². The molecule has 0 N–H and O–H groups in total. The molecule has 1 aliphatic rings. The number of pyridine rings is 1. The number of fused-ring (bicyclic) bond motifs is 1. The van der Waals surface area contributed by atoms with Gasteiger partial charge in [-0.2, -0.15) is 0 Å². The fraction of sp³-hybridized carbons (Fsp3) is 0.474. The van der Waals surface area contributed by atoms with Gasteiger partial charge in [-0.15, -0.1) is 0 Å². The topological polar surface area (TPSA) is 57.7 Å². The van der Waals surface area contributed by atoms with Gasteiger partial charge in [0, 0.05) is 17.4 Å². The van der Waals surface area contributed by atoms with Crippen molar-refractivity contribution in [2.75, 3.05) is 7.11 Å². The summed E-state index contributed by atoms with van der Waals surface area (Å²) in [6.45, 7) is 8.03. The molecular weight excluding hydrogens is 317 g/mol. The average molecular weight is 341 g/mol. The SMILES string of the molecule is COC(=O)CC(B1OC(C)(C)C(C)(C)O1)c1ccnc2ccccc12. The van der Waals surface area contributed by atoms with Gasteiger partial charge in [-0.3, -0.25) is 9.78 Å². The Balaban J connectivity index is 2.05. The zero-order chi connectivity index (χ0) is 18.2. The van der Waals surface area contributed by atoms with Gasteiger partial charge in [0.05, 0.1) is 30.2 Å². The molecule has 0 bridgehead atoms. The molecule has 132 valence electrons. The number of hydrogen-bond acceptors (Lipinski definition) is 5. The van der Waals surface area contributed by atoms with Crippen molar-refractivity contribution in [1.82, 2.24) is 4.98 Å². The van der Waals surface area contributed by atoms with Crippen LogP contribution in [0.2, 0.25) is 0 Å². The number of hydrogen-bond donors (Lipinski definition) is 0. The van der Waals surface area contributed by atoms with Crippen LogP contribution < -0.4 is 0 Å². The highest BCUT2D eigenvalue weighted by Crippen LogP contribution is 2.42. The predicted octanol–water partition coefficient (Wildman–Crippen LogP) is 3.51. The molecule has 25 heavy (non-hydrogen) atoms. The molecular formula is C19H24BNO4. The largest absolute Gasteiger partial charge is 0.469 e. The molecule has 0 saturated carbocycles. The summed E-state index contributed by atoms with van der Waals surface area (Å²) in [4.78, 5) is 16.5. The van der Waals surface area contributed by atoms with Crippen LogP contribution in [-0.2, 0) is 18.8 Å². The first kappa shape index (κ1) is 17.9. The van der Waals surface area contributed by atoms with E-state index in [0.29, 0.717) is 0 Å². The molecule has 6 heteroatoms. The minimum Gasteiger partial charge on any atom is -0.469 e. The second kappa shape index (κ2) is 6.43. The number of rotatable bonds is 4. The summed E-state index contributed by atoms with van der Waals surface area (Å²) in [7, 11) is 0.865. The first-order valence-electron chi connectivity index (χ1n) is 8.51. The average Bonchev–Trinajstić information content (AvgIpc) is 2.79. The molecule has 1 aromatic carbocycles. The summed E-state index contributed by atoms with van der Waals surface area (Å²) in [5.74, 6) is -0.568. The molecule has 3 rings (SSSR count). The second-order valence-corrected chi connectivity index (χ2v) is 7.43. The lowest BCUT2D eigenvalue weighted by Gasteiger charge is -2.32. The number of carbonyl (C=O) groups is 1. The molecule has 1 aromatic heterocycles. The molecule has 0 radical (unpaired) electrons. The fourth-order valence-corrected chi connectivity index (χ4v) is 3.11. The van der Waals surface area contributed by atoms with Crippen molar-refractivity contribution < 1.29 is 18.8 Å². The Kier molecular flexibility index (Phi) is 4.60. The van der Waals surface area contributed by atoms with Crippen LogP contribution in [0, 0.1) is 0 Å². The number of ether oxygens (including phenoxy) is 1. The van der Waals surface area contributed by atoms with E-state index >= 15 is 0 Å². The van der Waals surface area contributed by atoms with Gasteiger partial charge >= 0.3 is 13.1 Å². The lowest BCUT2D eigenvalue weighted by atomic mass is 9.65. The van der Waals surface area contributed by atoms with Gasteiger partial charge < -0.3 is 14.0 Å². The molecule has 0 spiro atoms. The van der Waals surface area contributed by atoms with Crippen LogP contribution in [0.5, 0.6) is 0 Å². The Morgan fingerprint density at radius 2 is 1.80 bits per heavy atom. The molecule has 1 atom stereocenters. The lowest BCUT2D eigenvalue weighted by molar-refractivity contribution is -0.140. The van der Waals surface area contributed by atoms with E-state index in [4.69, 9.17) is 14.0 Å². The van der Waals surface area contributed by atoms with Gasteiger partial charge in [-0.25, -0.2) is 0 Å². The van der Waals surface area contributed by atoms with Gasteiger partial charge in [0.15, 0.2) is 0 Å². The third-order valence-electron chi connectivity index (χ3n) is 5.30. The predicted molar refractivity (Wildman–Crippen MR) is 97.2 cm³/mol. The maximum absolute atomic E-state index is 12.1. The van der Waals surface area contributed by atoms with Crippen LogP contribution in [0.15, 0.2) is 36.5 Å². The van der Waals surface area contributed by atoms with E-state index in [2.05, 4.69) is 4.98 Å². The highest BCUT2D eigenvalue weighted by Gasteiger charge is 2.54. The van der Waals surface area contributed by atoms with Crippen molar-refractivity contribution >= 4 is 24.0 Å². The molecule has 1 fully saturated rings. The number of nitrogens with zero attached hydrogens (tertiary/aromatic N) is 1. The van der Waals surface area contributed by atoms with Gasteiger partial charge in [-0.1, -0.05) is 18.2 Å². The quantitative estimate of drug-likeness (QED) is 0.629. The Morgan fingerprint density at radius 1 is 1.16 bits per heavy atom. The molecule has 0 amide bonds. The number of carbonyl (C=O) groups excluding carboxylic acids is 1. The zero-order valence-corrected chi connectivity index (χ0v) is 15.4. The van der Waals surface area contributed by atoms with Crippen molar-refractivity contribution in [2.24, 2.45) is 0 Å². The van der Waals surface area contributed by atoms with E-state index in [9.17, 15) is 4.79 Å². The third-order valence-corrected chi connectivity index (χ3v) is 5.30. The van der Waals surface area contributed by atoms with Crippen LogP contribution in [0.4, 0.5) is 0 Å². The Bertz CT molecular complexity index is 769. The van der Waals surface area contributed by atoms with E-state index in [1.165, 1.54) is 7.11 Å². The Hall–Kier alpha value is -1.92. The van der Waals surface area contributed by atoms with Crippen molar-refractivity contribution in [3.05, 3.63) is 42.1 Å². The van der Waals surface area contributed by atoms with Crippen molar-refractivity contribution in [1.29, 1.82) is 0 Å². The maximum Gasteiger partial charge on any atom is 0.466 e. The Labute approximate surface area is 148 Å². The van der Waals surface area contributed by atoms with Crippen molar-refractivity contribution in [3.63, 3.8) is 0 Å². The maximum atomic E-state index is 12.1. The van der Waals surface area contributed by atoms with Crippen LogP contribution in [-0.4, -0.2) is 36.4 Å². The monoisotopic (exact) mass is 341 g/mol. The van der Waals surface area contributed by atoms with Crippen LogP contribution in [0.1, 0.15) is 45.5 Å². The highest BCUT2D eigenvalue weighted by atomic mass is 16.7. The van der Waals surface area contributed by atoms with Gasteiger partial charge in [0.2, 0.25) is 0 Å². The number of para-hydroxylation sites is 1. The highest BCUT2D eigenvalue weighted by molar-refractivity contribution is 6.48. The third kappa shape index (κ3) is 3.28. The summed E-state index contributed by atoms with van der Waals surface area (Å²) in [5, 5.41) is 0.994. The van der Waals surface area contributed by atoms with Gasteiger partial charge in [-0.05, 0) is 45.4 Å². The number of methoxy groups -OCH3 is 1. The summed E-state index contributed by atoms with van der Waals surface area (Å²) < 4.78 is 17.4. The smallest absolute Gasteiger partial charge is 0.466 e. The van der Waals surface area contributed by atoms with E-state index < -0.39 is 18.3 Å². The van der Waals surface area contributed by atoms with Crippen LogP contribution in [0.25, 0.3) is 10.9 Å². The summed E-state index contributed by atoms with van der Waals surface area (Å²) >= 11 is 0. The summed E-state index contributed by atoms with van der Waals surface area (Å²) in [6, 6.07) is 9.81. The minimum atomic E-state index is -0.532. The lowest BCUT2D eigenvalue weighted by Crippen LogP contribution is -2.41. The van der Waals surface area contributed by atoms with Crippen LogP contribution >= 0.6 is 0 Å². The second-order valence-electron chi connectivity index (χ2n) is 7.43. The number of benzene rings is 1. The van der Waals surface area contributed by atoms with Gasteiger partial charge in [0.25, 0.3) is 0 Å². The molecule has 2 heterocycles. The number of esters is 1. The molecule has 1 aliphatic heterocycles. The minimum absolute atomic E-state index is 0.182. The molecule has 5 nitrogen and oxygen atoms in total. The molecule has 1 saturated heterocycles. The van der Waals surface area contributed by atoms with E-state index in [-0.39, 0.29) is 18.2 Å². The van der Waals surface area contributed by atoms with Gasteiger partial charge in [0.1, 0.15) is 0 Å².